The van der Waals surface area contributed by atoms with Crippen molar-refractivity contribution in [3.63, 3.8) is 0 Å². The van der Waals surface area contributed by atoms with Crippen molar-refractivity contribution in [2.45, 2.75) is 48.3 Å². The van der Waals surface area contributed by atoms with Gasteiger partial charge in [0, 0.05) is 39.2 Å². The van der Waals surface area contributed by atoms with Crippen LogP contribution in [0.25, 0.3) is 62.0 Å². The maximum Gasteiger partial charge on any atom is 0.164 e. The SMILES string of the molecule is C=C/C=C\C=C(/C)c1nc(-c2ccccc2)nc(-c2ccc3sc(C(=C/C)/C=C(\C=C)n4c(/C=C5\C(=C)C(/C=C\C=C)=C(BC)C5(C)C)c(C)c(BC)c4/C=C\C=C)nc3c2)n1. The molecule has 0 radical (unpaired) electrons. The van der Waals surface area contributed by atoms with Crippen molar-refractivity contribution in [3.8, 4) is 22.8 Å². The fourth-order valence-electron chi connectivity index (χ4n) is 8.20. The van der Waals surface area contributed by atoms with Crippen LogP contribution in [0.2, 0.25) is 13.6 Å². The van der Waals surface area contributed by atoms with Gasteiger partial charge < -0.3 is 4.57 Å². The van der Waals surface area contributed by atoms with Crippen LogP contribution in [0.15, 0.2) is 177 Å². The average molecular weight is 828 g/mol. The largest absolute Gasteiger partial charge is 0.311 e. The Morgan fingerprint density at radius 2 is 1.50 bits per heavy atom. The zero-order valence-electron chi connectivity index (χ0n) is 37.3. The molecule has 1 aliphatic carbocycles. The number of allylic oxidation sites excluding steroid dienone is 19. The van der Waals surface area contributed by atoms with Crippen LogP contribution in [-0.2, 0) is 0 Å². The summed E-state index contributed by atoms with van der Waals surface area (Å²) in [5.74, 6) is 1.80. The van der Waals surface area contributed by atoms with E-state index < -0.39 is 0 Å². The maximum absolute atomic E-state index is 5.23. The average Bonchev–Trinajstić information content (AvgIpc) is 3.88. The molecule has 0 N–H and O–H groups in total. The third-order valence-electron chi connectivity index (χ3n) is 11.4. The van der Waals surface area contributed by atoms with E-state index >= 15 is 0 Å². The summed E-state index contributed by atoms with van der Waals surface area (Å²) < 4.78 is 3.40. The molecule has 0 spiro atoms. The smallest absolute Gasteiger partial charge is 0.164 e. The molecule has 6 rings (SSSR count). The molecule has 2 aromatic carbocycles. The molecule has 0 unspecified atom stereocenters. The number of nitrogens with zero attached hydrogens (tertiary/aromatic N) is 5. The quantitative estimate of drug-likeness (QED) is 0.0734. The van der Waals surface area contributed by atoms with Gasteiger partial charge in [0.2, 0.25) is 0 Å². The lowest BCUT2D eigenvalue weighted by Crippen LogP contribution is -2.17. The molecule has 3 aromatic heterocycles. The van der Waals surface area contributed by atoms with Crippen LogP contribution < -0.4 is 5.46 Å². The van der Waals surface area contributed by atoms with Crippen LogP contribution in [0.4, 0.5) is 0 Å². The predicted molar refractivity (Wildman–Crippen MR) is 276 cm³/mol. The standard InChI is InChI=1S/C54H55B2N5S/c1-13-18-22-25-35(6)50-58-51(39-26-23-21-24-27-39)60-52(59-50)40-30-31-47-44(33-40)57-53(62-47)38(16-4)32-41(17-5)61-45(29-20-15-3)48(55-11)37(8)46(61)34-43-36(7)42(28-19-14-2)49(56-12)54(43,9)10/h13-34,55-56H,1-3,5,7H2,4,6,8-12H3/b22-18-,28-19-,29-20-,35-25+,38-16+,41-32+,43-34+. The maximum atomic E-state index is 5.23. The van der Waals surface area contributed by atoms with E-state index in [0.717, 1.165) is 74.7 Å². The molecule has 3 heterocycles. The summed E-state index contributed by atoms with van der Waals surface area (Å²) >= 11 is 1.66. The van der Waals surface area contributed by atoms with Crippen molar-refractivity contribution in [3.05, 3.63) is 204 Å². The van der Waals surface area contributed by atoms with E-state index in [1.165, 1.54) is 27.6 Å². The van der Waals surface area contributed by atoms with Crippen LogP contribution in [0.3, 0.4) is 0 Å². The summed E-state index contributed by atoms with van der Waals surface area (Å²) in [5, 5.41) is 0.900. The first-order valence-electron chi connectivity index (χ1n) is 21.1. The molecule has 0 saturated carbocycles. The Morgan fingerprint density at radius 3 is 2.15 bits per heavy atom. The van der Waals surface area contributed by atoms with E-state index in [0.29, 0.717) is 17.5 Å². The molecular weight excluding hydrogens is 772 g/mol. The van der Waals surface area contributed by atoms with Crippen molar-refractivity contribution in [1.82, 2.24) is 24.5 Å². The van der Waals surface area contributed by atoms with Gasteiger partial charge in [0.25, 0.3) is 0 Å². The van der Waals surface area contributed by atoms with E-state index in [9.17, 15) is 0 Å². The second-order valence-corrected chi connectivity index (χ2v) is 16.6. The lowest BCUT2D eigenvalue weighted by molar-refractivity contribution is 0.595. The highest BCUT2D eigenvalue weighted by Crippen LogP contribution is 2.50. The normalized spacial score (nSPS) is 15.5. The summed E-state index contributed by atoms with van der Waals surface area (Å²) in [6.45, 7) is 36.1. The zero-order valence-corrected chi connectivity index (χ0v) is 38.1. The summed E-state index contributed by atoms with van der Waals surface area (Å²) in [6, 6.07) is 16.2. The summed E-state index contributed by atoms with van der Waals surface area (Å²) in [6.07, 6.45) is 28.1. The minimum absolute atomic E-state index is 0.214. The van der Waals surface area contributed by atoms with Crippen LogP contribution >= 0.6 is 11.3 Å². The van der Waals surface area contributed by atoms with Crippen molar-refractivity contribution in [2.75, 3.05) is 0 Å². The Bertz CT molecular complexity index is 2850. The van der Waals surface area contributed by atoms with Gasteiger partial charge in [-0.25, -0.2) is 19.9 Å². The van der Waals surface area contributed by atoms with E-state index in [2.05, 4.69) is 127 Å². The molecule has 0 bridgehead atoms. The predicted octanol–water partition coefficient (Wildman–Crippen LogP) is 13.0. The minimum atomic E-state index is -0.214. The number of rotatable bonds is 16. The topological polar surface area (TPSA) is 56.5 Å². The highest BCUT2D eigenvalue weighted by molar-refractivity contribution is 7.19. The Hall–Kier alpha value is -6.63. The Kier molecular flexibility index (Phi) is 14.4. The van der Waals surface area contributed by atoms with Crippen molar-refractivity contribution >= 4 is 70.6 Å². The molecule has 5 nitrogen and oxygen atoms in total. The van der Waals surface area contributed by atoms with Gasteiger partial charge in [-0.3, -0.25) is 0 Å². The fraction of sp³-hybridized carbons (Fsp3) is 0.148. The van der Waals surface area contributed by atoms with Gasteiger partial charge in [0.1, 0.15) is 5.01 Å². The molecule has 0 saturated heterocycles. The first-order chi connectivity index (χ1) is 29.9. The van der Waals surface area contributed by atoms with E-state index in [1.54, 1.807) is 17.4 Å². The summed E-state index contributed by atoms with van der Waals surface area (Å²) in [4.78, 5) is 20.0. The molecule has 8 heteroatoms. The third kappa shape index (κ3) is 9.02. The van der Waals surface area contributed by atoms with Gasteiger partial charge in [-0.05, 0) is 91.1 Å². The fourth-order valence-corrected chi connectivity index (χ4v) is 9.19. The molecular formula is C54H55B2N5S. The third-order valence-corrected chi connectivity index (χ3v) is 12.5. The zero-order chi connectivity index (χ0) is 44.6. The number of benzene rings is 2. The van der Waals surface area contributed by atoms with Crippen LogP contribution in [-0.4, -0.2) is 39.1 Å². The molecule has 0 aliphatic heterocycles. The molecule has 0 fully saturated rings. The second-order valence-electron chi connectivity index (χ2n) is 15.5. The van der Waals surface area contributed by atoms with Crippen molar-refractivity contribution in [1.29, 1.82) is 0 Å². The highest BCUT2D eigenvalue weighted by Gasteiger charge is 2.38. The Morgan fingerprint density at radius 1 is 0.806 bits per heavy atom. The number of hydrogen-bond acceptors (Lipinski definition) is 5. The number of hydrogen-bond donors (Lipinski definition) is 0. The lowest BCUT2D eigenvalue weighted by Gasteiger charge is -2.25. The molecule has 1 aliphatic rings. The van der Waals surface area contributed by atoms with E-state index in [1.807, 2.05) is 85.9 Å². The van der Waals surface area contributed by atoms with Crippen LogP contribution in [0.5, 0.6) is 0 Å². The minimum Gasteiger partial charge on any atom is -0.311 e. The molecule has 62 heavy (non-hydrogen) atoms. The van der Waals surface area contributed by atoms with Gasteiger partial charge in [-0.2, -0.15) is 0 Å². The van der Waals surface area contributed by atoms with Gasteiger partial charge in [0.05, 0.1) is 10.2 Å². The van der Waals surface area contributed by atoms with E-state index in [-0.39, 0.29) is 5.41 Å². The first-order valence-corrected chi connectivity index (χ1v) is 21.9. The van der Waals surface area contributed by atoms with Crippen molar-refractivity contribution in [2.24, 2.45) is 5.41 Å². The highest BCUT2D eigenvalue weighted by atomic mass is 32.1. The molecule has 5 aromatic rings. The summed E-state index contributed by atoms with van der Waals surface area (Å²) in [7, 11) is 1.79. The Balaban J connectivity index is 1.48. The second kappa shape index (κ2) is 19.8. The molecule has 0 amide bonds. The number of fused-ring (bicyclic) bond motifs is 1. The van der Waals surface area contributed by atoms with Gasteiger partial charge in [0.15, 0.2) is 32.0 Å². The first kappa shape index (κ1) is 44.9. The monoisotopic (exact) mass is 827 g/mol. The van der Waals surface area contributed by atoms with Gasteiger partial charge in [-0.1, -0.05) is 162 Å². The Labute approximate surface area is 374 Å². The van der Waals surface area contributed by atoms with Crippen LogP contribution in [0, 0.1) is 12.3 Å². The van der Waals surface area contributed by atoms with Gasteiger partial charge >= 0.3 is 0 Å². The summed E-state index contributed by atoms with van der Waals surface area (Å²) in [5.41, 5.74) is 14.8. The van der Waals surface area contributed by atoms with Crippen molar-refractivity contribution < 1.29 is 0 Å². The van der Waals surface area contributed by atoms with Gasteiger partial charge in [-0.15, -0.1) is 11.3 Å². The molecule has 308 valence electrons. The lowest BCUT2D eigenvalue weighted by atomic mass is 9.60. The molecule has 0 atom stereocenters. The number of aromatic nitrogens is 5. The van der Waals surface area contributed by atoms with E-state index in [4.69, 9.17) is 19.9 Å². The number of thiazole rings is 1. The van der Waals surface area contributed by atoms with Crippen LogP contribution in [0.1, 0.15) is 55.5 Å².